The number of hydrogen-bond donors (Lipinski definition) is 4. The number of nitrogens with two attached hydrogens (primary N) is 1. The smallest absolute Gasteiger partial charge is 0.371 e. The molecule has 3 amide bonds. The molecule has 0 saturated carbocycles. The normalized spacial score (nSPS) is 9.65. The number of nitrogens with one attached hydrogen (secondary N) is 2. The molecule has 0 saturated heterocycles. The van der Waals surface area contributed by atoms with Gasteiger partial charge in [0.15, 0.2) is 0 Å². The summed E-state index contributed by atoms with van der Waals surface area (Å²) in [7, 11) is 0. The summed E-state index contributed by atoms with van der Waals surface area (Å²) in [5.41, 5.74) is 4.82. The summed E-state index contributed by atoms with van der Waals surface area (Å²) < 4.78 is 4.89. The molecule has 1 aromatic heterocycles. The second-order valence-electron chi connectivity index (χ2n) is 3.07. The summed E-state index contributed by atoms with van der Waals surface area (Å²) in [6.45, 7) is -0.262. The first-order valence-corrected chi connectivity index (χ1v) is 4.61. The molecule has 8 heteroatoms. The Labute approximate surface area is 95.8 Å². The average Bonchev–Trinajstić information content (AvgIpc) is 2.72. The minimum Gasteiger partial charge on any atom is -0.475 e. The molecule has 0 fully saturated rings. The maximum Gasteiger partial charge on any atom is 0.371 e. The zero-order valence-corrected chi connectivity index (χ0v) is 8.73. The number of rotatable bonds is 5. The predicted octanol–water partition coefficient (Wildman–Crippen LogP) is -0.738. The lowest BCUT2D eigenvalue weighted by atomic mass is 10.4. The molecule has 1 aromatic rings. The van der Waals surface area contributed by atoms with E-state index in [1.165, 1.54) is 12.1 Å². The molecule has 0 spiro atoms. The van der Waals surface area contributed by atoms with Crippen molar-refractivity contribution in [3.05, 3.63) is 23.7 Å². The molecule has 1 rings (SSSR count). The number of carbonyl (C=O) groups excluding carboxylic acids is 2. The highest BCUT2D eigenvalue weighted by Gasteiger charge is 2.09. The van der Waals surface area contributed by atoms with Gasteiger partial charge in [-0.15, -0.1) is 0 Å². The summed E-state index contributed by atoms with van der Waals surface area (Å²) in [6.07, 6.45) is 0. The average molecular weight is 241 g/mol. The lowest BCUT2D eigenvalue weighted by Crippen LogP contribution is -2.39. The van der Waals surface area contributed by atoms with Crippen LogP contribution in [0, 0.1) is 0 Å². The molecule has 17 heavy (non-hydrogen) atoms. The topological polar surface area (TPSA) is 135 Å². The number of urea groups is 1. The van der Waals surface area contributed by atoms with Crippen molar-refractivity contribution in [2.45, 2.75) is 6.54 Å². The highest BCUT2D eigenvalue weighted by molar-refractivity contribution is 5.84. The van der Waals surface area contributed by atoms with Gasteiger partial charge in [0.25, 0.3) is 0 Å². The maximum atomic E-state index is 11.1. The highest BCUT2D eigenvalue weighted by Crippen LogP contribution is 2.06. The van der Waals surface area contributed by atoms with E-state index in [1.54, 1.807) is 0 Å². The van der Waals surface area contributed by atoms with Crippen LogP contribution in [0.1, 0.15) is 16.3 Å². The van der Waals surface area contributed by atoms with Crippen LogP contribution in [-0.4, -0.2) is 29.6 Å². The fourth-order valence-electron chi connectivity index (χ4n) is 0.985. The van der Waals surface area contributed by atoms with Crippen LogP contribution in [-0.2, 0) is 11.3 Å². The summed E-state index contributed by atoms with van der Waals surface area (Å²) in [5.74, 6) is -1.77. The number of carboxylic acids is 1. The minimum atomic E-state index is -1.19. The van der Waals surface area contributed by atoms with Gasteiger partial charge in [0.1, 0.15) is 5.76 Å². The van der Waals surface area contributed by atoms with Crippen LogP contribution < -0.4 is 16.4 Å². The Morgan fingerprint density at radius 2 is 2.00 bits per heavy atom. The standard InChI is InChI=1S/C9H11N3O5/c10-7(13)4-12-9(16)11-3-5-1-2-6(17-5)8(14)15/h1-2H,3-4H2,(H2,10,13)(H,14,15)(H2,11,12,16). The van der Waals surface area contributed by atoms with Gasteiger partial charge < -0.3 is 25.9 Å². The molecular weight excluding hydrogens is 230 g/mol. The predicted molar refractivity (Wildman–Crippen MR) is 55.1 cm³/mol. The van der Waals surface area contributed by atoms with E-state index in [0.717, 1.165) is 0 Å². The lowest BCUT2D eigenvalue weighted by Gasteiger charge is -2.03. The Morgan fingerprint density at radius 3 is 2.53 bits per heavy atom. The monoisotopic (exact) mass is 241 g/mol. The molecule has 0 aliphatic carbocycles. The molecule has 0 atom stereocenters. The third-order valence-electron chi connectivity index (χ3n) is 1.72. The molecule has 0 radical (unpaired) electrons. The second-order valence-corrected chi connectivity index (χ2v) is 3.07. The molecule has 0 unspecified atom stereocenters. The Balaban J connectivity index is 2.36. The summed E-state index contributed by atoms with van der Waals surface area (Å²) in [6, 6.07) is 2.11. The van der Waals surface area contributed by atoms with Crippen LogP contribution in [0.15, 0.2) is 16.5 Å². The number of carbonyl (C=O) groups is 3. The van der Waals surface area contributed by atoms with Crippen LogP contribution in [0.5, 0.6) is 0 Å². The van der Waals surface area contributed by atoms with Crippen LogP contribution in [0.2, 0.25) is 0 Å². The Hall–Kier alpha value is -2.51. The van der Waals surface area contributed by atoms with Gasteiger partial charge in [0.05, 0.1) is 13.1 Å². The van der Waals surface area contributed by atoms with Crippen LogP contribution in [0.4, 0.5) is 4.79 Å². The number of hydrogen-bond acceptors (Lipinski definition) is 4. The van der Waals surface area contributed by atoms with Crippen molar-refractivity contribution >= 4 is 17.9 Å². The quantitative estimate of drug-likeness (QED) is 0.538. The molecule has 0 bridgehead atoms. The number of carboxylic acid groups (broad SMARTS) is 1. The van der Waals surface area contributed by atoms with Gasteiger partial charge in [-0.25, -0.2) is 9.59 Å². The highest BCUT2D eigenvalue weighted by atomic mass is 16.4. The fourth-order valence-corrected chi connectivity index (χ4v) is 0.985. The second kappa shape index (κ2) is 5.54. The van der Waals surface area contributed by atoms with E-state index >= 15 is 0 Å². The molecule has 92 valence electrons. The van der Waals surface area contributed by atoms with Gasteiger partial charge in [-0.1, -0.05) is 0 Å². The molecule has 0 aliphatic rings. The van der Waals surface area contributed by atoms with E-state index in [1.807, 2.05) is 0 Å². The molecule has 8 nitrogen and oxygen atoms in total. The number of primary amides is 1. The van der Waals surface area contributed by atoms with Gasteiger partial charge in [-0.05, 0) is 12.1 Å². The molecule has 0 aliphatic heterocycles. The van der Waals surface area contributed by atoms with Gasteiger partial charge in [-0.2, -0.15) is 0 Å². The SMILES string of the molecule is NC(=O)CNC(=O)NCc1ccc(C(=O)O)o1. The third-order valence-corrected chi connectivity index (χ3v) is 1.72. The summed E-state index contributed by atoms with van der Waals surface area (Å²) in [5, 5.41) is 13.1. The molecular formula is C9H11N3O5. The van der Waals surface area contributed by atoms with Crippen molar-refractivity contribution in [3.63, 3.8) is 0 Å². The minimum absolute atomic E-state index is 0.0118. The van der Waals surface area contributed by atoms with Gasteiger partial charge in [0.2, 0.25) is 11.7 Å². The zero-order valence-electron chi connectivity index (χ0n) is 8.73. The largest absolute Gasteiger partial charge is 0.475 e. The molecule has 1 heterocycles. The first kappa shape index (κ1) is 12.6. The fraction of sp³-hybridized carbons (Fsp3) is 0.222. The van der Waals surface area contributed by atoms with Crippen molar-refractivity contribution in [1.29, 1.82) is 0 Å². The lowest BCUT2D eigenvalue weighted by molar-refractivity contribution is -0.117. The van der Waals surface area contributed by atoms with E-state index < -0.39 is 17.9 Å². The van der Waals surface area contributed by atoms with Gasteiger partial charge >= 0.3 is 12.0 Å². The Bertz CT molecular complexity index is 440. The number of amides is 3. The first-order valence-electron chi connectivity index (χ1n) is 4.61. The van der Waals surface area contributed by atoms with Gasteiger partial charge in [0, 0.05) is 0 Å². The van der Waals surface area contributed by atoms with E-state index in [9.17, 15) is 14.4 Å². The van der Waals surface area contributed by atoms with E-state index in [0.29, 0.717) is 0 Å². The third kappa shape index (κ3) is 4.24. The maximum absolute atomic E-state index is 11.1. The van der Waals surface area contributed by atoms with Crippen molar-refractivity contribution in [3.8, 4) is 0 Å². The van der Waals surface area contributed by atoms with E-state index in [-0.39, 0.29) is 24.6 Å². The Morgan fingerprint density at radius 1 is 1.29 bits per heavy atom. The van der Waals surface area contributed by atoms with Gasteiger partial charge in [-0.3, -0.25) is 4.79 Å². The molecule has 0 aromatic carbocycles. The van der Waals surface area contributed by atoms with E-state index in [2.05, 4.69) is 10.6 Å². The van der Waals surface area contributed by atoms with Crippen LogP contribution in [0.3, 0.4) is 0 Å². The first-order chi connectivity index (χ1) is 7.99. The zero-order chi connectivity index (χ0) is 12.8. The summed E-state index contributed by atoms with van der Waals surface area (Å²) >= 11 is 0. The van der Waals surface area contributed by atoms with Crippen LogP contribution in [0.25, 0.3) is 0 Å². The number of furan rings is 1. The van der Waals surface area contributed by atoms with Crippen molar-refractivity contribution in [2.24, 2.45) is 5.73 Å². The van der Waals surface area contributed by atoms with Crippen LogP contribution >= 0.6 is 0 Å². The van der Waals surface area contributed by atoms with Crippen molar-refractivity contribution < 1.29 is 23.9 Å². The van der Waals surface area contributed by atoms with Crippen molar-refractivity contribution in [1.82, 2.24) is 10.6 Å². The van der Waals surface area contributed by atoms with E-state index in [4.69, 9.17) is 15.3 Å². The summed E-state index contributed by atoms with van der Waals surface area (Å²) in [4.78, 5) is 31.9. The Kier molecular flexibility index (Phi) is 4.09. The molecule has 5 N–H and O–H groups in total. The van der Waals surface area contributed by atoms with Crippen molar-refractivity contribution in [2.75, 3.05) is 6.54 Å². The number of aromatic carboxylic acids is 1.